The lowest BCUT2D eigenvalue weighted by molar-refractivity contribution is 0.00585. The van der Waals surface area contributed by atoms with E-state index in [2.05, 4.69) is 11.8 Å². The van der Waals surface area contributed by atoms with Crippen LogP contribution in [0.3, 0.4) is 0 Å². The molecule has 19 heavy (non-hydrogen) atoms. The zero-order valence-electron chi connectivity index (χ0n) is 12.0. The Balaban J connectivity index is 1.78. The largest absolute Gasteiger partial charge is 0.444 e. The zero-order valence-corrected chi connectivity index (χ0v) is 12.0. The second kappa shape index (κ2) is 5.05. The second-order valence-corrected chi connectivity index (χ2v) is 6.59. The van der Waals surface area contributed by atoms with Gasteiger partial charge >= 0.3 is 6.09 Å². The van der Waals surface area contributed by atoms with Gasteiger partial charge in [0.2, 0.25) is 0 Å². The van der Waals surface area contributed by atoms with Crippen LogP contribution in [0.5, 0.6) is 0 Å². The van der Waals surface area contributed by atoms with Crippen LogP contribution in [0, 0.1) is 17.8 Å². The number of aliphatic hydroxyl groups is 1. The van der Waals surface area contributed by atoms with Crippen molar-refractivity contribution < 1.29 is 14.6 Å². The topological polar surface area (TPSA) is 49.8 Å². The predicted octanol–water partition coefficient (Wildman–Crippen LogP) is 2.16. The molecule has 106 valence electrons. The number of carbonyl (C=O) groups is 1. The molecule has 0 unspecified atom stereocenters. The smallest absolute Gasteiger partial charge is 0.410 e. The summed E-state index contributed by atoms with van der Waals surface area (Å²) in [6, 6.07) is 0. The summed E-state index contributed by atoms with van der Waals surface area (Å²) in [5.41, 5.74) is -1.22. The Labute approximate surface area is 115 Å². The van der Waals surface area contributed by atoms with E-state index in [0.29, 0.717) is 13.1 Å². The van der Waals surface area contributed by atoms with Crippen molar-refractivity contribution in [3.05, 3.63) is 0 Å². The molecule has 1 heterocycles. The van der Waals surface area contributed by atoms with Crippen LogP contribution in [0.1, 0.15) is 46.5 Å². The highest BCUT2D eigenvalue weighted by molar-refractivity contribution is 5.69. The van der Waals surface area contributed by atoms with E-state index in [1.54, 1.807) is 4.90 Å². The lowest BCUT2D eigenvalue weighted by Gasteiger charge is -2.37. The average Bonchev–Trinajstić information content (AvgIpc) is 2.60. The van der Waals surface area contributed by atoms with Crippen molar-refractivity contribution in [1.29, 1.82) is 0 Å². The quantitative estimate of drug-likeness (QED) is 0.683. The van der Waals surface area contributed by atoms with E-state index in [4.69, 9.17) is 4.74 Å². The Hall–Kier alpha value is -1.21. The van der Waals surface area contributed by atoms with Gasteiger partial charge in [-0.25, -0.2) is 4.79 Å². The summed E-state index contributed by atoms with van der Waals surface area (Å²) in [5.74, 6) is 6.27. The molecule has 0 bridgehead atoms. The summed E-state index contributed by atoms with van der Waals surface area (Å²) in [6.45, 7) is 6.79. The minimum Gasteiger partial charge on any atom is -0.444 e. The molecule has 0 aromatic carbocycles. The van der Waals surface area contributed by atoms with E-state index in [1.165, 1.54) is 0 Å². The Bertz CT molecular complexity index is 401. The minimum atomic E-state index is -0.771. The SMILES string of the molecule is CC(C)(C)OC(=O)N1CC(C#CC2(O)CCCC2)C1. The fraction of sp³-hybridized carbons (Fsp3) is 0.800. The first-order valence-corrected chi connectivity index (χ1v) is 7.00. The standard InChI is InChI=1S/C15H23NO3/c1-14(2,3)19-13(17)16-10-12(11-16)6-9-15(18)7-4-5-8-15/h12,18H,4-5,7-8,10-11H2,1-3H3. The number of ether oxygens (including phenoxy) is 1. The molecular weight excluding hydrogens is 242 g/mol. The van der Waals surface area contributed by atoms with Gasteiger partial charge in [0.05, 0.1) is 5.92 Å². The van der Waals surface area contributed by atoms with Gasteiger partial charge in [0.15, 0.2) is 0 Å². The fourth-order valence-electron chi connectivity index (χ4n) is 2.37. The highest BCUT2D eigenvalue weighted by Crippen LogP contribution is 2.29. The predicted molar refractivity (Wildman–Crippen MR) is 72.5 cm³/mol. The third kappa shape index (κ3) is 3.87. The van der Waals surface area contributed by atoms with Gasteiger partial charge in [-0.15, -0.1) is 0 Å². The third-order valence-corrected chi connectivity index (χ3v) is 3.47. The Morgan fingerprint density at radius 1 is 1.32 bits per heavy atom. The summed E-state index contributed by atoms with van der Waals surface area (Å²) in [7, 11) is 0. The number of carbonyl (C=O) groups excluding carboxylic acids is 1. The van der Waals surface area contributed by atoms with Gasteiger partial charge in [0, 0.05) is 13.1 Å². The molecule has 0 spiro atoms. The number of likely N-dealkylation sites (tertiary alicyclic amines) is 1. The first-order chi connectivity index (χ1) is 8.77. The van der Waals surface area contributed by atoms with E-state index in [1.807, 2.05) is 20.8 Å². The number of amides is 1. The fourth-order valence-corrected chi connectivity index (χ4v) is 2.37. The van der Waals surface area contributed by atoms with Crippen LogP contribution in [0.4, 0.5) is 4.79 Å². The van der Waals surface area contributed by atoms with E-state index in [0.717, 1.165) is 25.7 Å². The normalized spacial score (nSPS) is 22.4. The Kier molecular flexibility index (Phi) is 3.78. The molecule has 1 N–H and O–H groups in total. The van der Waals surface area contributed by atoms with Gasteiger partial charge in [-0.3, -0.25) is 0 Å². The van der Waals surface area contributed by atoms with Gasteiger partial charge in [0.1, 0.15) is 11.2 Å². The second-order valence-electron chi connectivity index (χ2n) is 6.59. The number of hydrogen-bond acceptors (Lipinski definition) is 3. The summed E-state index contributed by atoms with van der Waals surface area (Å²) < 4.78 is 5.28. The first kappa shape index (κ1) is 14.2. The van der Waals surface area contributed by atoms with Crippen LogP contribution in [0.25, 0.3) is 0 Å². The lowest BCUT2D eigenvalue weighted by atomic mass is 9.97. The minimum absolute atomic E-state index is 0.178. The Morgan fingerprint density at radius 2 is 1.89 bits per heavy atom. The van der Waals surface area contributed by atoms with Crippen molar-refractivity contribution in [2.45, 2.75) is 57.7 Å². The maximum Gasteiger partial charge on any atom is 0.410 e. The molecule has 0 atom stereocenters. The molecule has 2 fully saturated rings. The average molecular weight is 265 g/mol. The zero-order chi connectivity index (χ0) is 14.1. The van der Waals surface area contributed by atoms with Crippen LogP contribution < -0.4 is 0 Å². The molecule has 1 saturated heterocycles. The number of rotatable bonds is 0. The van der Waals surface area contributed by atoms with Crippen LogP contribution in [-0.2, 0) is 4.74 Å². The summed E-state index contributed by atoms with van der Waals surface area (Å²) >= 11 is 0. The number of nitrogens with zero attached hydrogens (tertiary/aromatic N) is 1. The summed E-state index contributed by atoms with van der Waals surface area (Å²) in [6.07, 6.45) is 3.40. The molecule has 1 aliphatic heterocycles. The highest BCUT2D eigenvalue weighted by Gasteiger charge is 2.34. The van der Waals surface area contributed by atoms with E-state index >= 15 is 0 Å². The van der Waals surface area contributed by atoms with E-state index < -0.39 is 11.2 Å². The van der Waals surface area contributed by atoms with Crippen molar-refractivity contribution in [3.8, 4) is 11.8 Å². The van der Waals surface area contributed by atoms with Crippen LogP contribution in [0.2, 0.25) is 0 Å². The van der Waals surface area contributed by atoms with Gasteiger partial charge in [-0.1, -0.05) is 11.8 Å². The van der Waals surface area contributed by atoms with Crippen molar-refractivity contribution in [2.24, 2.45) is 5.92 Å². The monoisotopic (exact) mass is 265 g/mol. The third-order valence-electron chi connectivity index (χ3n) is 3.47. The maximum absolute atomic E-state index is 11.7. The molecule has 4 heteroatoms. The number of hydrogen-bond donors (Lipinski definition) is 1. The summed E-state index contributed by atoms with van der Waals surface area (Å²) in [4.78, 5) is 13.4. The highest BCUT2D eigenvalue weighted by atomic mass is 16.6. The van der Waals surface area contributed by atoms with Crippen LogP contribution in [0.15, 0.2) is 0 Å². The lowest BCUT2D eigenvalue weighted by Crippen LogP contribution is -2.51. The van der Waals surface area contributed by atoms with E-state index in [9.17, 15) is 9.90 Å². The van der Waals surface area contributed by atoms with Crippen molar-refractivity contribution in [3.63, 3.8) is 0 Å². The molecule has 0 radical (unpaired) electrons. The van der Waals surface area contributed by atoms with Crippen molar-refractivity contribution in [1.82, 2.24) is 4.90 Å². The van der Waals surface area contributed by atoms with E-state index in [-0.39, 0.29) is 12.0 Å². The van der Waals surface area contributed by atoms with Gasteiger partial charge in [-0.2, -0.15) is 0 Å². The first-order valence-electron chi connectivity index (χ1n) is 7.00. The van der Waals surface area contributed by atoms with Crippen LogP contribution >= 0.6 is 0 Å². The molecule has 2 rings (SSSR count). The van der Waals surface area contributed by atoms with Crippen molar-refractivity contribution >= 4 is 6.09 Å². The molecule has 1 saturated carbocycles. The molecule has 2 aliphatic rings. The molecular formula is C15H23NO3. The molecule has 4 nitrogen and oxygen atoms in total. The molecule has 1 aliphatic carbocycles. The van der Waals surface area contributed by atoms with Gasteiger partial charge in [0.25, 0.3) is 0 Å². The molecule has 0 aromatic heterocycles. The molecule has 1 amide bonds. The molecule has 0 aromatic rings. The maximum atomic E-state index is 11.7. The van der Waals surface area contributed by atoms with Gasteiger partial charge < -0.3 is 14.7 Å². The van der Waals surface area contributed by atoms with Crippen LogP contribution in [-0.4, -0.2) is 40.4 Å². The Morgan fingerprint density at radius 3 is 2.42 bits per heavy atom. The summed E-state index contributed by atoms with van der Waals surface area (Å²) in [5, 5.41) is 10.1. The van der Waals surface area contributed by atoms with Crippen molar-refractivity contribution in [2.75, 3.05) is 13.1 Å². The van der Waals surface area contributed by atoms with Gasteiger partial charge in [-0.05, 0) is 46.5 Å².